The lowest BCUT2D eigenvalue weighted by molar-refractivity contribution is 1.03. The second-order valence-electron chi connectivity index (χ2n) is 1.85. The van der Waals surface area contributed by atoms with Crippen LogP contribution < -0.4 is 5.73 Å². The number of nitrogens with zero attached hydrogens (tertiary/aromatic N) is 2. The minimum Gasteiger partial charge on any atom is -0.368 e. The summed E-state index contributed by atoms with van der Waals surface area (Å²) < 4.78 is 1.06. The molecule has 0 aliphatic carbocycles. The minimum absolute atomic E-state index is 0.363. The van der Waals surface area contributed by atoms with Crippen molar-refractivity contribution in [2.75, 3.05) is 10.2 Å². The molecule has 1 aromatic heterocycles. The van der Waals surface area contributed by atoms with Gasteiger partial charge in [-0.1, -0.05) is 22.6 Å². The van der Waals surface area contributed by atoms with Crippen LogP contribution in [-0.2, 0) is 6.42 Å². The third kappa shape index (κ3) is 2.09. The minimum atomic E-state index is 0.363. The molecule has 4 heteroatoms. The molecule has 1 heterocycles. The molecule has 0 aromatic carbocycles. The molecule has 0 atom stereocenters. The number of hydrogen-bond donors (Lipinski definition) is 1. The van der Waals surface area contributed by atoms with E-state index in [2.05, 4.69) is 32.6 Å². The number of anilines is 1. The molecule has 10 heavy (non-hydrogen) atoms. The molecular formula is C6H8IN3. The van der Waals surface area contributed by atoms with Crippen LogP contribution in [0.5, 0.6) is 0 Å². The number of halogens is 1. The Morgan fingerprint density at radius 1 is 1.60 bits per heavy atom. The number of rotatable bonds is 2. The van der Waals surface area contributed by atoms with Crippen molar-refractivity contribution in [3.63, 3.8) is 0 Å². The zero-order chi connectivity index (χ0) is 7.40. The Labute approximate surface area is 73.2 Å². The van der Waals surface area contributed by atoms with Gasteiger partial charge in [0.25, 0.3) is 0 Å². The van der Waals surface area contributed by atoms with E-state index in [1.165, 1.54) is 0 Å². The molecule has 0 spiro atoms. The van der Waals surface area contributed by atoms with Crippen LogP contribution in [0.15, 0.2) is 12.3 Å². The molecule has 0 aliphatic heterocycles. The molecule has 0 radical (unpaired) electrons. The van der Waals surface area contributed by atoms with E-state index >= 15 is 0 Å². The largest absolute Gasteiger partial charge is 0.368 e. The third-order valence-corrected chi connectivity index (χ3v) is 1.62. The van der Waals surface area contributed by atoms with Crippen molar-refractivity contribution < 1.29 is 0 Å². The molecule has 0 unspecified atom stereocenters. The van der Waals surface area contributed by atoms with Gasteiger partial charge >= 0.3 is 0 Å². The fraction of sp³-hybridized carbons (Fsp3) is 0.333. The highest BCUT2D eigenvalue weighted by Gasteiger charge is 1.92. The van der Waals surface area contributed by atoms with E-state index in [0.29, 0.717) is 5.95 Å². The molecule has 2 N–H and O–H groups in total. The van der Waals surface area contributed by atoms with Crippen molar-refractivity contribution in [3.05, 3.63) is 18.0 Å². The average Bonchev–Trinajstić information content (AvgIpc) is 1.88. The lowest BCUT2D eigenvalue weighted by Crippen LogP contribution is -1.98. The van der Waals surface area contributed by atoms with Crippen molar-refractivity contribution in [1.82, 2.24) is 9.97 Å². The number of nitrogen functional groups attached to an aromatic ring is 1. The molecular weight excluding hydrogens is 241 g/mol. The standard InChI is InChI=1S/C6H8IN3/c7-3-1-5-2-4-9-6(8)10-5/h2,4H,1,3H2,(H2,8,9,10). The smallest absolute Gasteiger partial charge is 0.220 e. The van der Waals surface area contributed by atoms with Crippen molar-refractivity contribution in [2.24, 2.45) is 0 Å². The quantitative estimate of drug-likeness (QED) is 0.629. The van der Waals surface area contributed by atoms with Gasteiger partial charge in [0, 0.05) is 16.3 Å². The van der Waals surface area contributed by atoms with Crippen LogP contribution in [0.4, 0.5) is 5.95 Å². The van der Waals surface area contributed by atoms with Crippen LogP contribution in [-0.4, -0.2) is 14.4 Å². The normalized spacial score (nSPS) is 9.70. The van der Waals surface area contributed by atoms with Crippen molar-refractivity contribution in [1.29, 1.82) is 0 Å². The summed E-state index contributed by atoms with van der Waals surface area (Å²) in [5, 5.41) is 0. The predicted octanol–water partition coefficient (Wildman–Crippen LogP) is 1.04. The second kappa shape index (κ2) is 3.70. The molecule has 1 aromatic rings. The monoisotopic (exact) mass is 249 g/mol. The van der Waals surface area contributed by atoms with Gasteiger partial charge in [0.1, 0.15) is 0 Å². The first-order valence-corrected chi connectivity index (χ1v) is 4.49. The van der Waals surface area contributed by atoms with Crippen molar-refractivity contribution in [2.45, 2.75) is 6.42 Å². The molecule has 0 saturated carbocycles. The summed E-state index contributed by atoms with van der Waals surface area (Å²) in [6, 6.07) is 1.88. The van der Waals surface area contributed by atoms with Gasteiger partial charge in [-0.15, -0.1) is 0 Å². The first kappa shape index (κ1) is 7.71. The molecule has 0 amide bonds. The van der Waals surface area contributed by atoms with E-state index in [4.69, 9.17) is 5.73 Å². The zero-order valence-corrected chi connectivity index (χ0v) is 7.58. The highest BCUT2D eigenvalue weighted by Crippen LogP contribution is 1.99. The Morgan fingerprint density at radius 3 is 3.00 bits per heavy atom. The van der Waals surface area contributed by atoms with Crippen LogP contribution in [0.2, 0.25) is 0 Å². The Balaban J connectivity index is 2.75. The first-order chi connectivity index (χ1) is 4.83. The molecule has 0 fully saturated rings. The van der Waals surface area contributed by atoms with Gasteiger partial charge in [-0.2, -0.15) is 0 Å². The van der Waals surface area contributed by atoms with Crippen LogP contribution in [0, 0.1) is 0 Å². The Kier molecular flexibility index (Phi) is 2.85. The fourth-order valence-electron chi connectivity index (χ4n) is 0.649. The van der Waals surface area contributed by atoms with Gasteiger partial charge < -0.3 is 5.73 Å². The summed E-state index contributed by atoms with van der Waals surface area (Å²) in [5.41, 5.74) is 6.38. The Bertz CT molecular complexity index is 214. The lowest BCUT2D eigenvalue weighted by Gasteiger charge is -1.95. The third-order valence-electron chi connectivity index (χ3n) is 1.08. The summed E-state index contributed by atoms with van der Waals surface area (Å²) in [6.45, 7) is 0. The summed E-state index contributed by atoms with van der Waals surface area (Å²) >= 11 is 2.30. The first-order valence-electron chi connectivity index (χ1n) is 2.96. The number of hydrogen-bond acceptors (Lipinski definition) is 3. The number of alkyl halides is 1. The van der Waals surface area contributed by atoms with E-state index in [1.54, 1.807) is 6.20 Å². The van der Waals surface area contributed by atoms with Gasteiger partial charge in [-0.3, -0.25) is 0 Å². The van der Waals surface area contributed by atoms with Gasteiger partial charge in [-0.05, 0) is 12.5 Å². The van der Waals surface area contributed by atoms with E-state index in [-0.39, 0.29) is 0 Å². The maximum absolute atomic E-state index is 5.36. The number of aromatic nitrogens is 2. The van der Waals surface area contributed by atoms with E-state index in [0.717, 1.165) is 16.5 Å². The molecule has 0 aliphatic rings. The van der Waals surface area contributed by atoms with E-state index < -0.39 is 0 Å². The van der Waals surface area contributed by atoms with E-state index in [9.17, 15) is 0 Å². The SMILES string of the molecule is Nc1nccc(CCI)n1. The fourth-order valence-corrected chi connectivity index (χ4v) is 1.20. The number of aryl methyl sites for hydroxylation is 1. The van der Waals surface area contributed by atoms with Gasteiger partial charge in [0.2, 0.25) is 5.95 Å². The predicted molar refractivity (Wildman–Crippen MR) is 49.0 cm³/mol. The molecule has 54 valence electrons. The van der Waals surface area contributed by atoms with Gasteiger partial charge in [-0.25, -0.2) is 9.97 Å². The maximum Gasteiger partial charge on any atom is 0.220 e. The topological polar surface area (TPSA) is 51.8 Å². The average molecular weight is 249 g/mol. The van der Waals surface area contributed by atoms with Gasteiger partial charge in [0.15, 0.2) is 0 Å². The lowest BCUT2D eigenvalue weighted by atomic mass is 10.3. The summed E-state index contributed by atoms with van der Waals surface area (Å²) in [7, 11) is 0. The van der Waals surface area contributed by atoms with Crippen LogP contribution in [0.3, 0.4) is 0 Å². The molecule has 3 nitrogen and oxygen atoms in total. The summed E-state index contributed by atoms with van der Waals surface area (Å²) in [6.07, 6.45) is 2.65. The molecule has 1 rings (SSSR count). The number of nitrogens with two attached hydrogens (primary N) is 1. The Morgan fingerprint density at radius 2 is 2.40 bits per heavy atom. The molecule has 0 saturated heterocycles. The van der Waals surface area contributed by atoms with Gasteiger partial charge in [0.05, 0.1) is 0 Å². The maximum atomic E-state index is 5.36. The molecule has 0 bridgehead atoms. The zero-order valence-electron chi connectivity index (χ0n) is 5.42. The van der Waals surface area contributed by atoms with Crippen molar-refractivity contribution in [3.8, 4) is 0 Å². The van der Waals surface area contributed by atoms with Crippen molar-refractivity contribution >= 4 is 28.5 Å². The Hall–Kier alpha value is -0.390. The summed E-state index contributed by atoms with van der Waals surface area (Å²) in [4.78, 5) is 7.81. The van der Waals surface area contributed by atoms with Crippen LogP contribution in [0.1, 0.15) is 5.69 Å². The van der Waals surface area contributed by atoms with Crippen LogP contribution in [0.25, 0.3) is 0 Å². The van der Waals surface area contributed by atoms with E-state index in [1.807, 2.05) is 6.07 Å². The second-order valence-corrected chi connectivity index (χ2v) is 2.92. The van der Waals surface area contributed by atoms with Crippen LogP contribution >= 0.6 is 22.6 Å². The highest BCUT2D eigenvalue weighted by atomic mass is 127. The summed E-state index contributed by atoms with van der Waals surface area (Å²) in [5.74, 6) is 0.363. The highest BCUT2D eigenvalue weighted by molar-refractivity contribution is 14.1.